The number of aryl methyl sites for hydroxylation is 2. The highest BCUT2D eigenvalue weighted by atomic mass is 16.2. The lowest BCUT2D eigenvalue weighted by molar-refractivity contribution is -0.130. The Morgan fingerprint density at radius 1 is 1.18 bits per heavy atom. The molecule has 2 aromatic rings. The molecule has 1 aliphatic heterocycles. The summed E-state index contributed by atoms with van der Waals surface area (Å²) >= 11 is 0. The molecule has 4 heteroatoms. The Kier molecular flexibility index (Phi) is 7.61. The Labute approximate surface area is 169 Å². The van der Waals surface area contributed by atoms with Gasteiger partial charge >= 0.3 is 0 Å². The Bertz CT molecular complexity index is 747. The zero-order valence-corrected chi connectivity index (χ0v) is 17.3. The van der Waals surface area contributed by atoms with Crippen molar-refractivity contribution in [3.63, 3.8) is 0 Å². The van der Waals surface area contributed by atoms with Crippen LogP contribution < -0.4 is 0 Å². The van der Waals surface area contributed by atoms with Crippen molar-refractivity contribution < 1.29 is 4.79 Å². The summed E-state index contributed by atoms with van der Waals surface area (Å²) < 4.78 is 0. The molecule has 1 saturated heterocycles. The molecule has 3 rings (SSSR count). The van der Waals surface area contributed by atoms with Crippen LogP contribution in [0.4, 0.5) is 0 Å². The van der Waals surface area contributed by atoms with Gasteiger partial charge in [0.15, 0.2) is 0 Å². The van der Waals surface area contributed by atoms with Crippen molar-refractivity contribution in [2.24, 2.45) is 5.92 Å². The molecule has 0 aliphatic carbocycles. The van der Waals surface area contributed by atoms with E-state index in [1.807, 2.05) is 24.1 Å². The van der Waals surface area contributed by atoms with Crippen LogP contribution in [0.1, 0.15) is 36.0 Å². The summed E-state index contributed by atoms with van der Waals surface area (Å²) in [7, 11) is 1.96. The van der Waals surface area contributed by atoms with Gasteiger partial charge in [0, 0.05) is 45.5 Å². The first-order valence-corrected chi connectivity index (χ1v) is 10.5. The lowest BCUT2D eigenvalue weighted by atomic mass is 9.96. The highest BCUT2D eigenvalue weighted by Gasteiger charge is 2.22. The number of aromatic nitrogens is 1. The van der Waals surface area contributed by atoms with Crippen molar-refractivity contribution in [3.8, 4) is 0 Å². The largest absolute Gasteiger partial charge is 0.345 e. The van der Waals surface area contributed by atoms with E-state index in [1.165, 1.54) is 36.1 Å². The van der Waals surface area contributed by atoms with Gasteiger partial charge in [0.05, 0.1) is 0 Å². The number of rotatable bonds is 8. The highest BCUT2D eigenvalue weighted by Crippen LogP contribution is 2.19. The number of carbonyl (C=O) groups excluding carboxylic acids is 1. The molecular weight excluding hydrogens is 346 g/mol. The second kappa shape index (κ2) is 10.4. The SMILES string of the molecule is Cc1ccccc1CCN1CCCC(CN(C)C(=O)CCc2ccncc2)C1. The van der Waals surface area contributed by atoms with Crippen molar-refractivity contribution >= 4 is 5.91 Å². The van der Waals surface area contributed by atoms with Gasteiger partial charge in [0.25, 0.3) is 0 Å². The number of benzene rings is 1. The van der Waals surface area contributed by atoms with Gasteiger partial charge in [0.2, 0.25) is 5.91 Å². The van der Waals surface area contributed by atoms with Gasteiger partial charge in [-0.1, -0.05) is 24.3 Å². The van der Waals surface area contributed by atoms with Crippen LogP contribution in [0.25, 0.3) is 0 Å². The number of hydrogen-bond acceptors (Lipinski definition) is 3. The second-order valence-electron chi connectivity index (χ2n) is 8.12. The molecule has 1 aromatic heterocycles. The molecule has 0 saturated carbocycles. The van der Waals surface area contributed by atoms with Crippen LogP contribution in [0, 0.1) is 12.8 Å². The maximum Gasteiger partial charge on any atom is 0.222 e. The molecule has 1 unspecified atom stereocenters. The van der Waals surface area contributed by atoms with Crippen molar-refractivity contribution in [1.82, 2.24) is 14.8 Å². The minimum absolute atomic E-state index is 0.244. The molecule has 150 valence electrons. The minimum Gasteiger partial charge on any atom is -0.345 e. The summed E-state index contributed by atoms with van der Waals surface area (Å²) in [5, 5.41) is 0. The third-order valence-electron chi connectivity index (χ3n) is 5.90. The van der Waals surface area contributed by atoms with Crippen molar-refractivity contribution in [2.75, 3.05) is 33.2 Å². The van der Waals surface area contributed by atoms with E-state index in [1.54, 1.807) is 12.4 Å². The molecule has 1 aromatic carbocycles. The molecule has 4 nitrogen and oxygen atoms in total. The second-order valence-corrected chi connectivity index (χ2v) is 8.12. The number of carbonyl (C=O) groups is 1. The normalized spacial score (nSPS) is 17.4. The number of nitrogens with zero attached hydrogens (tertiary/aromatic N) is 3. The maximum atomic E-state index is 12.5. The van der Waals surface area contributed by atoms with Crippen LogP contribution in [-0.4, -0.2) is 53.9 Å². The van der Waals surface area contributed by atoms with E-state index in [0.29, 0.717) is 12.3 Å². The monoisotopic (exact) mass is 379 g/mol. The highest BCUT2D eigenvalue weighted by molar-refractivity contribution is 5.76. The first-order valence-electron chi connectivity index (χ1n) is 10.5. The summed E-state index contributed by atoms with van der Waals surface area (Å²) in [6.07, 6.45) is 8.51. The van der Waals surface area contributed by atoms with Crippen molar-refractivity contribution in [2.45, 2.75) is 39.0 Å². The average Bonchev–Trinajstić information content (AvgIpc) is 2.72. The van der Waals surface area contributed by atoms with Crippen LogP contribution in [0.3, 0.4) is 0 Å². The molecule has 1 aliphatic rings. The van der Waals surface area contributed by atoms with Crippen molar-refractivity contribution in [1.29, 1.82) is 0 Å². The molecule has 2 heterocycles. The molecule has 1 atom stereocenters. The van der Waals surface area contributed by atoms with E-state index in [4.69, 9.17) is 0 Å². The number of pyridine rings is 1. The minimum atomic E-state index is 0.244. The summed E-state index contributed by atoms with van der Waals surface area (Å²) in [6.45, 7) is 6.47. The quantitative estimate of drug-likeness (QED) is 0.701. The number of piperidine rings is 1. The average molecular weight is 380 g/mol. The van der Waals surface area contributed by atoms with Crippen LogP contribution in [0.5, 0.6) is 0 Å². The van der Waals surface area contributed by atoms with E-state index in [2.05, 4.69) is 41.1 Å². The van der Waals surface area contributed by atoms with E-state index < -0.39 is 0 Å². The molecular formula is C24H33N3O. The van der Waals surface area contributed by atoms with Crippen LogP contribution >= 0.6 is 0 Å². The zero-order chi connectivity index (χ0) is 19.8. The van der Waals surface area contributed by atoms with Crippen molar-refractivity contribution in [3.05, 3.63) is 65.5 Å². The van der Waals surface area contributed by atoms with Crippen LogP contribution in [-0.2, 0) is 17.6 Å². The molecule has 28 heavy (non-hydrogen) atoms. The lowest BCUT2D eigenvalue weighted by Crippen LogP contribution is -2.42. The number of likely N-dealkylation sites (tertiary alicyclic amines) is 1. The van der Waals surface area contributed by atoms with Gasteiger partial charge in [0.1, 0.15) is 0 Å². The number of amides is 1. The van der Waals surface area contributed by atoms with E-state index in [9.17, 15) is 4.79 Å². The molecule has 1 fully saturated rings. The Morgan fingerprint density at radius 2 is 1.96 bits per heavy atom. The maximum absolute atomic E-state index is 12.5. The summed E-state index contributed by atoms with van der Waals surface area (Å²) in [5.74, 6) is 0.828. The standard InChI is InChI=1S/C24H33N3O/c1-20-6-3-4-8-23(20)13-17-27-16-5-7-22(19-27)18-26(2)24(28)10-9-21-11-14-25-15-12-21/h3-4,6,8,11-12,14-15,22H,5,7,9-10,13,16-19H2,1-2H3. The molecule has 0 N–H and O–H groups in total. The van der Waals surface area contributed by atoms with Gasteiger partial charge in [-0.05, 0) is 73.9 Å². The third kappa shape index (κ3) is 6.16. The summed E-state index contributed by atoms with van der Waals surface area (Å²) in [5.41, 5.74) is 4.01. The van der Waals surface area contributed by atoms with Crippen LogP contribution in [0.15, 0.2) is 48.8 Å². The summed E-state index contributed by atoms with van der Waals surface area (Å²) in [6, 6.07) is 12.7. The Morgan fingerprint density at radius 3 is 2.75 bits per heavy atom. The molecule has 0 spiro atoms. The molecule has 1 amide bonds. The van der Waals surface area contributed by atoms with Gasteiger partial charge in [-0.15, -0.1) is 0 Å². The molecule has 0 radical (unpaired) electrons. The Balaban J connectivity index is 1.42. The predicted octanol–water partition coefficient (Wildman–Crippen LogP) is 3.74. The number of hydrogen-bond donors (Lipinski definition) is 0. The smallest absolute Gasteiger partial charge is 0.222 e. The van der Waals surface area contributed by atoms with Crippen LogP contribution in [0.2, 0.25) is 0 Å². The third-order valence-corrected chi connectivity index (χ3v) is 5.90. The Hall–Kier alpha value is -2.20. The lowest BCUT2D eigenvalue weighted by Gasteiger charge is -2.35. The molecule has 0 bridgehead atoms. The van der Waals surface area contributed by atoms with Gasteiger partial charge in [-0.3, -0.25) is 9.78 Å². The first-order chi connectivity index (χ1) is 13.6. The van der Waals surface area contributed by atoms with Gasteiger partial charge in [-0.25, -0.2) is 0 Å². The predicted molar refractivity (Wildman–Crippen MR) is 114 cm³/mol. The topological polar surface area (TPSA) is 36.4 Å². The van der Waals surface area contributed by atoms with Gasteiger partial charge in [-0.2, -0.15) is 0 Å². The fraction of sp³-hybridized carbons (Fsp3) is 0.500. The zero-order valence-electron chi connectivity index (χ0n) is 17.3. The van der Waals surface area contributed by atoms with E-state index in [0.717, 1.165) is 32.5 Å². The first kappa shape index (κ1) is 20.5. The van der Waals surface area contributed by atoms with E-state index in [-0.39, 0.29) is 5.91 Å². The summed E-state index contributed by atoms with van der Waals surface area (Å²) in [4.78, 5) is 21.1. The fourth-order valence-electron chi connectivity index (χ4n) is 4.15. The van der Waals surface area contributed by atoms with E-state index >= 15 is 0 Å². The fourth-order valence-corrected chi connectivity index (χ4v) is 4.15. The van der Waals surface area contributed by atoms with Gasteiger partial charge < -0.3 is 9.80 Å².